The highest BCUT2D eigenvalue weighted by Gasteiger charge is 2.17. The molecule has 7 heteroatoms. The Morgan fingerprint density at radius 1 is 0.931 bits per heavy atom. The van der Waals surface area contributed by atoms with Crippen molar-refractivity contribution in [2.45, 2.75) is 5.16 Å². The third kappa shape index (κ3) is 4.61. The van der Waals surface area contributed by atoms with E-state index < -0.39 is 0 Å². The minimum absolute atomic E-state index is 0.0134. The van der Waals surface area contributed by atoms with Crippen LogP contribution in [-0.4, -0.2) is 26.3 Å². The van der Waals surface area contributed by atoms with Gasteiger partial charge in [-0.15, -0.1) is 10.2 Å². The molecule has 0 spiro atoms. The summed E-state index contributed by atoms with van der Waals surface area (Å²) in [6.07, 6.45) is 0. The molecule has 0 radical (unpaired) electrons. The highest BCUT2D eigenvalue weighted by atomic mass is 79.9. The maximum absolute atomic E-state index is 12.6. The van der Waals surface area contributed by atoms with Gasteiger partial charge in [0.25, 0.3) is 0 Å². The normalized spacial score (nSPS) is 10.8. The number of aromatic nitrogens is 3. The molecule has 0 aliphatic rings. The Morgan fingerprint density at radius 3 is 2.31 bits per heavy atom. The van der Waals surface area contributed by atoms with Crippen molar-refractivity contribution in [3.63, 3.8) is 0 Å². The fraction of sp³-hybridized carbons (Fsp3) is 0.0455. The van der Waals surface area contributed by atoms with Crippen LogP contribution in [0.3, 0.4) is 0 Å². The third-order valence-corrected chi connectivity index (χ3v) is 5.96. The molecule has 4 nitrogen and oxygen atoms in total. The standard InChI is InChI=1S/C22H15BrClN3OS/c23-17-10-6-16(7-11-17)21-25-26-22(27(21)19-4-2-1-3-5-19)29-14-20(28)15-8-12-18(24)13-9-15/h1-13H,14H2. The Morgan fingerprint density at radius 2 is 1.62 bits per heavy atom. The summed E-state index contributed by atoms with van der Waals surface area (Å²) in [6.45, 7) is 0. The summed E-state index contributed by atoms with van der Waals surface area (Å²) in [5.74, 6) is 0.997. The molecule has 0 fully saturated rings. The lowest BCUT2D eigenvalue weighted by molar-refractivity contribution is 0.102. The summed E-state index contributed by atoms with van der Waals surface area (Å²) >= 11 is 10.7. The molecule has 4 aromatic rings. The number of carbonyl (C=O) groups excluding carboxylic acids is 1. The van der Waals surface area contributed by atoms with E-state index >= 15 is 0 Å². The van der Waals surface area contributed by atoms with E-state index in [1.54, 1.807) is 24.3 Å². The van der Waals surface area contributed by atoms with Crippen LogP contribution in [0.15, 0.2) is 88.5 Å². The molecule has 0 saturated heterocycles. The van der Waals surface area contributed by atoms with E-state index in [1.165, 1.54) is 11.8 Å². The first-order chi connectivity index (χ1) is 14.1. The highest BCUT2D eigenvalue weighted by molar-refractivity contribution is 9.10. The average Bonchev–Trinajstić information content (AvgIpc) is 3.17. The van der Waals surface area contributed by atoms with Crippen LogP contribution in [0, 0.1) is 0 Å². The number of ketones is 1. The van der Waals surface area contributed by atoms with E-state index in [-0.39, 0.29) is 11.5 Å². The van der Waals surface area contributed by atoms with Crippen molar-refractivity contribution < 1.29 is 4.79 Å². The molecule has 144 valence electrons. The van der Waals surface area contributed by atoms with Crippen molar-refractivity contribution in [3.8, 4) is 17.1 Å². The first-order valence-electron chi connectivity index (χ1n) is 8.80. The molecule has 0 N–H and O–H groups in total. The number of hydrogen-bond acceptors (Lipinski definition) is 4. The number of thioether (sulfide) groups is 1. The van der Waals surface area contributed by atoms with Gasteiger partial charge in [-0.05, 0) is 48.5 Å². The second-order valence-electron chi connectivity index (χ2n) is 6.20. The van der Waals surface area contributed by atoms with Gasteiger partial charge in [0.1, 0.15) is 0 Å². The number of Topliss-reactive ketones (excluding diaryl/α,β-unsaturated/α-hetero) is 1. The second-order valence-corrected chi connectivity index (χ2v) is 8.50. The van der Waals surface area contributed by atoms with Gasteiger partial charge < -0.3 is 0 Å². The molecule has 0 unspecified atom stereocenters. The fourth-order valence-electron chi connectivity index (χ4n) is 2.81. The summed E-state index contributed by atoms with van der Waals surface area (Å²) in [7, 11) is 0. The van der Waals surface area contributed by atoms with Gasteiger partial charge in [0.15, 0.2) is 16.8 Å². The number of rotatable bonds is 6. The molecular weight excluding hydrogens is 470 g/mol. The maximum atomic E-state index is 12.6. The molecule has 0 aliphatic carbocycles. The maximum Gasteiger partial charge on any atom is 0.196 e. The highest BCUT2D eigenvalue weighted by Crippen LogP contribution is 2.29. The molecule has 0 bridgehead atoms. The summed E-state index contributed by atoms with van der Waals surface area (Å²) in [6, 6.07) is 24.7. The Bertz CT molecular complexity index is 1130. The van der Waals surface area contributed by atoms with Crippen molar-refractivity contribution in [3.05, 3.63) is 93.9 Å². The van der Waals surface area contributed by atoms with Crippen molar-refractivity contribution in [2.24, 2.45) is 0 Å². The third-order valence-electron chi connectivity index (χ3n) is 4.25. The molecule has 1 aromatic heterocycles. The first kappa shape index (κ1) is 19.9. The predicted molar refractivity (Wildman–Crippen MR) is 121 cm³/mol. The summed E-state index contributed by atoms with van der Waals surface area (Å²) in [5, 5.41) is 10.0. The lowest BCUT2D eigenvalue weighted by atomic mass is 10.1. The molecule has 29 heavy (non-hydrogen) atoms. The smallest absolute Gasteiger partial charge is 0.196 e. The quantitative estimate of drug-likeness (QED) is 0.237. The fourth-order valence-corrected chi connectivity index (χ4v) is 4.05. The zero-order valence-corrected chi connectivity index (χ0v) is 18.3. The Hall–Kier alpha value is -2.41. The van der Waals surface area contributed by atoms with E-state index in [2.05, 4.69) is 26.1 Å². The predicted octanol–water partition coefficient (Wildman–Crippen LogP) is 6.33. The van der Waals surface area contributed by atoms with Gasteiger partial charge in [-0.25, -0.2) is 0 Å². The Balaban J connectivity index is 1.65. The van der Waals surface area contributed by atoms with Crippen LogP contribution < -0.4 is 0 Å². The van der Waals surface area contributed by atoms with Crippen LogP contribution in [-0.2, 0) is 0 Å². The van der Waals surface area contributed by atoms with E-state index in [4.69, 9.17) is 11.6 Å². The van der Waals surface area contributed by atoms with Crippen LogP contribution in [0.2, 0.25) is 5.02 Å². The lowest BCUT2D eigenvalue weighted by Crippen LogP contribution is -2.05. The summed E-state index contributed by atoms with van der Waals surface area (Å²) < 4.78 is 2.97. The zero-order chi connectivity index (χ0) is 20.2. The SMILES string of the molecule is O=C(CSc1nnc(-c2ccc(Br)cc2)n1-c1ccccc1)c1ccc(Cl)cc1. The monoisotopic (exact) mass is 483 g/mol. The van der Waals surface area contributed by atoms with Crippen LogP contribution in [0.5, 0.6) is 0 Å². The number of halogens is 2. The molecular formula is C22H15BrClN3OS. The van der Waals surface area contributed by atoms with Crippen molar-refractivity contribution >= 4 is 45.1 Å². The lowest BCUT2D eigenvalue weighted by Gasteiger charge is -2.10. The van der Waals surface area contributed by atoms with Crippen LogP contribution in [0.4, 0.5) is 0 Å². The number of para-hydroxylation sites is 1. The van der Waals surface area contributed by atoms with Crippen molar-refractivity contribution in [1.82, 2.24) is 14.8 Å². The van der Waals surface area contributed by atoms with Gasteiger partial charge in [-0.2, -0.15) is 0 Å². The number of hydrogen-bond donors (Lipinski definition) is 0. The van der Waals surface area contributed by atoms with Gasteiger partial charge in [-0.1, -0.05) is 69.6 Å². The summed E-state index contributed by atoms with van der Waals surface area (Å²) in [4.78, 5) is 12.6. The topological polar surface area (TPSA) is 47.8 Å². The Labute approximate surface area is 186 Å². The zero-order valence-electron chi connectivity index (χ0n) is 15.1. The second kappa shape index (κ2) is 8.95. The van der Waals surface area contributed by atoms with E-state index in [0.29, 0.717) is 15.7 Å². The van der Waals surface area contributed by atoms with Gasteiger partial charge in [0.05, 0.1) is 5.75 Å². The van der Waals surface area contributed by atoms with Gasteiger partial charge >= 0.3 is 0 Å². The van der Waals surface area contributed by atoms with Gasteiger partial charge in [-0.3, -0.25) is 9.36 Å². The van der Waals surface area contributed by atoms with Crippen LogP contribution in [0.1, 0.15) is 10.4 Å². The number of benzene rings is 3. The van der Waals surface area contributed by atoms with E-state index in [0.717, 1.165) is 21.5 Å². The van der Waals surface area contributed by atoms with E-state index in [9.17, 15) is 4.79 Å². The van der Waals surface area contributed by atoms with Crippen molar-refractivity contribution in [2.75, 3.05) is 5.75 Å². The molecule has 0 amide bonds. The number of carbonyl (C=O) groups is 1. The summed E-state index contributed by atoms with van der Waals surface area (Å²) in [5.41, 5.74) is 2.51. The largest absolute Gasteiger partial charge is 0.293 e. The molecule has 1 heterocycles. The van der Waals surface area contributed by atoms with E-state index in [1.807, 2.05) is 59.2 Å². The molecule has 0 saturated carbocycles. The number of nitrogens with zero attached hydrogens (tertiary/aromatic N) is 3. The molecule has 0 atom stereocenters. The minimum Gasteiger partial charge on any atom is -0.293 e. The van der Waals surface area contributed by atoms with Gasteiger partial charge in [0.2, 0.25) is 0 Å². The van der Waals surface area contributed by atoms with Crippen LogP contribution >= 0.6 is 39.3 Å². The van der Waals surface area contributed by atoms with Crippen LogP contribution in [0.25, 0.3) is 17.1 Å². The van der Waals surface area contributed by atoms with Crippen molar-refractivity contribution in [1.29, 1.82) is 0 Å². The molecule has 0 aliphatic heterocycles. The average molecular weight is 485 g/mol. The molecule has 4 rings (SSSR count). The van der Waals surface area contributed by atoms with Gasteiger partial charge in [0, 0.05) is 26.3 Å². The Kier molecular flexibility index (Phi) is 6.13. The molecule has 3 aromatic carbocycles. The minimum atomic E-state index is 0.0134. The first-order valence-corrected chi connectivity index (χ1v) is 11.0.